The number of carbonyl (C=O) groups excluding carboxylic acids is 1. The van der Waals surface area contributed by atoms with E-state index in [9.17, 15) is 13.2 Å². The fraction of sp³-hybridized carbons (Fsp3) is 0.409. The number of methoxy groups -OCH3 is 1. The normalized spacial score (nSPS) is 13.2. The van der Waals surface area contributed by atoms with E-state index >= 15 is 0 Å². The van der Waals surface area contributed by atoms with Gasteiger partial charge in [-0.05, 0) is 50.6 Å². The molecule has 2 aromatic carbocycles. The van der Waals surface area contributed by atoms with Gasteiger partial charge in [-0.3, -0.25) is 9.10 Å². The van der Waals surface area contributed by atoms with Crippen molar-refractivity contribution in [2.75, 3.05) is 24.3 Å². The highest BCUT2D eigenvalue weighted by Gasteiger charge is 2.32. The predicted molar refractivity (Wildman–Crippen MR) is 119 cm³/mol. The number of hydrogen-bond acceptors (Lipinski definition) is 5. The van der Waals surface area contributed by atoms with Crippen LogP contribution in [-0.4, -0.2) is 40.3 Å². The minimum absolute atomic E-state index is 0.310. The number of anilines is 1. The van der Waals surface area contributed by atoms with Gasteiger partial charge in [0.15, 0.2) is 0 Å². The summed E-state index contributed by atoms with van der Waals surface area (Å²) in [7, 11) is -2.14. The minimum Gasteiger partial charge on any atom is -0.496 e. The molecule has 0 radical (unpaired) electrons. The molecule has 164 valence electrons. The molecule has 0 aliphatic heterocycles. The van der Waals surface area contributed by atoms with E-state index in [0.29, 0.717) is 30.2 Å². The molecule has 0 aromatic heterocycles. The number of nitrogens with zero attached hydrogens (tertiary/aromatic N) is 1. The van der Waals surface area contributed by atoms with Crippen molar-refractivity contribution in [2.45, 2.75) is 39.3 Å². The fourth-order valence-electron chi connectivity index (χ4n) is 3.33. The SMILES string of the molecule is CCOc1ccc(N([C@H](CC)C(=O)N[C@@H](C)c2ccccc2OC)S(C)(=O)=O)cc1. The lowest BCUT2D eigenvalue weighted by Crippen LogP contribution is -2.49. The number of ether oxygens (including phenoxy) is 2. The number of hydrogen-bond donors (Lipinski definition) is 1. The van der Waals surface area contributed by atoms with Gasteiger partial charge in [0.05, 0.1) is 31.7 Å². The molecule has 0 unspecified atom stereocenters. The van der Waals surface area contributed by atoms with Crippen LogP contribution >= 0.6 is 0 Å². The molecule has 0 bridgehead atoms. The van der Waals surface area contributed by atoms with Crippen LogP contribution in [0.3, 0.4) is 0 Å². The van der Waals surface area contributed by atoms with Gasteiger partial charge in [-0.1, -0.05) is 25.1 Å². The maximum Gasteiger partial charge on any atom is 0.244 e. The number of benzene rings is 2. The lowest BCUT2D eigenvalue weighted by atomic mass is 10.1. The van der Waals surface area contributed by atoms with Crippen molar-refractivity contribution >= 4 is 21.6 Å². The molecule has 0 spiro atoms. The molecule has 2 rings (SSSR count). The summed E-state index contributed by atoms with van der Waals surface area (Å²) < 4.78 is 37.1. The Bertz CT molecular complexity index is 944. The summed E-state index contributed by atoms with van der Waals surface area (Å²) in [6.45, 7) is 6.00. The third kappa shape index (κ3) is 5.66. The first kappa shape index (κ1) is 23.5. The molecule has 0 heterocycles. The lowest BCUT2D eigenvalue weighted by Gasteiger charge is -2.31. The Hall–Kier alpha value is -2.74. The van der Waals surface area contributed by atoms with Gasteiger partial charge in [0.1, 0.15) is 17.5 Å². The van der Waals surface area contributed by atoms with E-state index in [1.165, 1.54) is 0 Å². The standard InChI is InChI=1S/C22H30N2O5S/c1-6-20(22(25)23-16(3)19-10-8-9-11-21(19)28-4)24(30(5,26)27)17-12-14-18(15-13-17)29-7-2/h8-16,20H,6-7H2,1-5H3,(H,23,25)/t16-,20+/m0/s1. The quantitative estimate of drug-likeness (QED) is 0.618. The monoisotopic (exact) mass is 434 g/mol. The lowest BCUT2D eigenvalue weighted by molar-refractivity contribution is -0.122. The largest absolute Gasteiger partial charge is 0.496 e. The van der Waals surface area contributed by atoms with Gasteiger partial charge >= 0.3 is 0 Å². The fourth-order valence-corrected chi connectivity index (χ4v) is 4.54. The molecule has 2 atom stereocenters. The molecular formula is C22H30N2O5S. The highest BCUT2D eigenvalue weighted by atomic mass is 32.2. The van der Waals surface area contributed by atoms with E-state index in [0.717, 1.165) is 16.1 Å². The topological polar surface area (TPSA) is 84.9 Å². The zero-order chi connectivity index (χ0) is 22.3. The molecule has 0 saturated carbocycles. The van der Waals surface area contributed by atoms with E-state index in [2.05, 4.69) is 5.32 Å². The van der Waals surface area contributed by atoms with Crippen LogP contribution in [0.2, 0.25) is 0 Å². The zero-order valence-corrected chi connectivity index (χ0v) is 18.9. The van der Waals surface area contributed by atoms with Crippen LogP contribution in [0.4, 0.5) is 5.69 Å². The van der Waals surface area contributed by atoms with Crippen molar-refractivity contribution in [1.29, 1.82) is 0 Å². The first-order valence-corrected chi connectivity index (χ1v) is 11.7. The summed E-state index contributed by atoms with van der Waals surface area (Å²) in [6.07, 6.45) is 1.41. The first-order valence-electron chi connectivity index (χ1n) is 9.88. The van der Waals surface area contributed by atoms with E-state index in [1.54, 1.807) is 38.3 Å². The molecule has 30 heavy (non-hydrogen) atoms. The third-order valence-electron chi connectivity index (χ3n) is 4.70. The smallest absolute Gasteiger partial charge is 0.244 e. The first-order chi connectivity index (χ1) is 14.2. The average molecular weight is 435 g/mol. The summed E-state index contributed by atoms with van der Waals surface area (Å²) in [5.41, 5.74) is 1.23. The van der Waals surface area contributed by atoms with E-state index in [1.807, 2.05) is 38.1 Å². The van der Waals surface area contributed by atoms with Crippen LogP contribution in [0.25, 0.3) is 0 Å². The molecule has 0 aliphatic carbocycles. The molecule has 8 heteroatoms. The second-order valence-corrected chi connectivity index (χ2v) is 8.74. The predicted octanol–water partition coefficient (Wildman–Crippen LogP) is 3.52. The maximum atomic E-state index is 13.1. The van der Waals surface area contributed by atoms with Gasteiger partial charge in [-0.25, -0.2) is 8.42 Å². The summed E-state index contributed by atoms with van der Waals surface area (Å²) >= 11 is 0. The van der Waals surface area contributed by atoms with E-state index in [4.69, 9.17) is 9.47 Å². The number of para-hydroxylation sites is 1. The van der Waals surface area contributed by atoms with Gasteiger partial charge in [-0.15, -0.1) is 0 Å². The number of amides is 1. The number of nitrogens with one attached hydrogen (secondary N) is 1. The van der Waals surface area contributed by atoms with Gasteiger partial charge in [0, 0.05) is 5.56 Å². The molecule has 1 N–H and O–H groups in total. The van der Waals surface area contributed by atoms with Crippen LogP contribution in [-0.2, 0) is 14.8 Å². The van der Waals surface area contributed by atoms with Crippen molar-refractivity contribution < 1.29 is 22.7 Å². The maximum absolute atomic E-state index is 13.1. The molecule has 0 saturated heterocycles. The summed E-state index contributed by atoms with van der Waals surface area (Å²) in [4.78, 5) is 13.1. The van der Waals surface area contributed by atoms with E-state index in [-0.39, 0.29) is 11.9 Å². The Morgan fingerprint density at radius 2 is 1.73 bits per heavy atom. The van der Waals surface area contributed by atoms with Gasteiger partial charge < -0.3 is 14.8 Å². The van der Waals surface area contributed by atoms with Crippen LogP contribution in [0.5, 0.6) is 11.5 Å². The van der Waals surface area contributed by atoms with Crippen LogP contribution in [0, 0.1) is 0 Å². The summed E-state index contributed by atoms with van der Waals surface area (Å²) in [5.74, 6) is 0.914. The van der Waals surface area contributed by atoms with Crippen LogP contribution < -0.4 is 19.1 Å². The van der Waals surface area contributed by atoms with Gasteiger partial charge in [0.25, 0.3) is 0 Å². The molecule has 0 aliphatic rings. The van der Waals surface area contributed by atoms with Gasteiger partial charge in [0.2, 0.25) is 15.9 Å². The Kier molecular flexibility index (Phi) is 8.11. The van der Waals surface area contributed by atoms with Crippen molar-refractivity contribution in [3.8, 4) is 11.5 Å². The van der Waals surface area contributed by atoms with Crippen molar-refractivity contribution in [3.05, 3.63) is 54.1 Å². The van der Waals surface area contributed by atoms with Crippen molar-refractivity contribution in [3.63, 3.8) is 0 Å². The number of sulfonamides is 1. The number of rotatable bonds is 10. The molecule has 0 fully saturated rings. The van der Waals surface area contributed by atoms with Crippen molar-refractivity contribution in [1.82, 2.24) is 5.32 Å². The number of carbonyl (C=O) groups is 1. The van der Waals surface area contributed by atoms with Crippen LogP contribution in [0.1, 0.15) is 38.8 Å². The highest BCUT2D eigenvalue weighted by Crippen LogP contribution is 2.27. The van der Waals surface area contributed by atoms with Crippen molar-refractivity contribution in [2.24, 2.45) is 0 Å². The summed E-state index contributed by atoms with van der Waals surface area (Å²) in [5, 5.41) is 2.93. The Balaban J connectivity index is 2.31. The zero-order valence-electron chi connectivity index (χ0n) is 18.1. The Morgan fingerprint density at radius 3 is 2.27 bits per heavy atom. The second kappa shape index (κ2) is 10.3. The second-order valence-electron chi connectivity index (χ2n) is 6.88. The molecule has 2 aromatic rings. The van der Waals surface area contributed by atoms with E-state index < -0.39 is 16.1 Å². The molecular weight excluding hydrogens is 404 g/mol. The molecule has 1 amide bonds. The van der Waals surface area contributed by atoms with Gasteiger partial charge in [-0.2, -0.15) is 0 Å². The summed E-state index contributed by atoms with van der Waals surface area (Å²) in [6, 6.07) is 12.8. The third-order valence-corrected chi connectivity index (χ3v) is 5.88. The molecule has 7 nitrogen and oxygen atoms in total. The highest BCUT2D eigenvalue weighted by molar-refractivity contribution is 7.92. The Labute approximate surface area is 179 Å². The average Bonchev–Trinajstić information content (AvgIpc) is 2.71. The Morgan fingerprint density at radius 1 is 1.10 bits per heavy atom. The minimum atomic E-state index is -3.71. The van der Waals surface area contributed by atoms with Crippen LogP contribution in [0.15, 0.2) is 48.5 Å².